The molecule has 1 atom stereocenters. The van der Waals surface area contributed by atoms with Crippen molar-refractivity contribution in [3.8, 4) is 5.75 Å². The highest BCUT2D eigenvalue weighted by Crippen LogP contribution is 2.38. The summed E-state index contributed by atoms with van der Waals surface area (Å²) in [6.07, 6.45) is 0.883. The molecule has 2 aliphatic rings. The van der Waals surface area contributed by atoms with Gasteiger partial charge in [0.15, 0.2) is 0 Å². The van der Waals surface area contributed by atoms with Crippen molar-refractivity contribution in [3.63, 3.8) is 0 Å². The summed E-state index contributed by atoms with van der Waals surface area (Å²) >= 11 is 0. The number of hydrogen-bond donors (Lipinski definition) is 1. The molecule has 36 heavy (non-hydrogen) atoms. The maximum absolute atomic E-state index is 13.6. The number of quaternary nitrogens is 1. The van der Waals surface area contributed by atoms with E-state index in [4.69, 9.17) is 9.47 Å². The van der Waals surface area contributed by atoms with Crippen LogP contribution in [0.2, 0.25) is 0 Å². The SMILES string of the molecule is CCc1ccc(C2C(=C([O-])c3ccc(OCC(C)C)cc3)C(=O)C(=O)N2CC[NH+]2CCOCC2)cc1. The van der Waals surface area contributed by atoms with Crippen LogP contribution in [0.5, 0.6) is 5.75 Å². The fourth-order valence-electron chi connectivity index (χ4n) is 4.69. The van der Waals surface area contributed by atoms with Crippen LogP contribution in [-0.4, -0.2) is 62.6 Å². The molecule has 2 aromatic rings. The summed E-state index contributed by atoms with van der Waals surface area (Å²) in [4.78, 5) is 29.3. The number of aryl methyl sites for hydroxylation is 1. The topological polar surface area (TPSA) is 83.3 Å². The molecule has 4 rings (SSSR count). The van der Waals surface area contributed by atoms with Crippen molar-refractivity contribution in [1.29, 1.82) is 0 Å². The summed E-state index contributed by atoms with van der Waals surface area (Å²) in [5.74, 6) is -0.668. The van der Waals surface area contributed by atoms with Crippen LogP contribution in [0.4, 0.5) is 0 Å². The van der Waals surface area contributed by atoms with Gasteiger partial charge in [-0.1, -0.05) is 62.9 Å². The summed E-state index contributed by atoms with van der Waals surface area (Å²) in [6.45, 7) is 11.0. The molecule has 1 N–H and O–H groups in total. The number of benzene rings is 2. The predicted octanol–water partition coefficient (Wildman–Crippen LogP) is 1.42. The van der Waals surface area contributed by atoms with Crippen molar-refractivity contribution in [2.75, 3.05) is 46.0 Å². The molecule has 2 saturated heterocycles. The van der Waals surface area contributed by atoms with Gasteiger partial charge in [0.05, 0.1) is 39.0 Å². The highest BCUT2D eigenvalue weighted by Gasteiger charge is 2.44. The quantitative estimate of drug-likeness (QED) is 0.325. The molecule has 2 aliphatic heterocycles. The van der Waals surface area contributed by atoms with Crippen LogP contribution in [0.15, 0.2) is 54.1 Å². The van der Waals surface area contributed by atoms with Crippen molar-refractivity contribution >= 4 is 17.4 Å². The maximum atomic E-state index is 13.6. The number of morpholine rings is 1. The molecule has 1 amide bonds. The van der Waals surface area contributed by atoms with Gasteiger partial charge in [-0.2, -0.15) is 0 Å². The molecular formula is C29H36N2O5. The Morgan fingerprint density at radius 1 is 1.08 bits per heavy atom. The minimum atomic E-state index is -0.707. The Balaban J connectivity index is 1.67. The van der Waals surface area contributed by atoms with E-state index in [0.29, 0.717) is 50.1 Å². The second kappa shape index (κ2) is 11.7. The molecule has 0 bridgehead atoms. The van der Waals surface area contributed by atoms with Gasteiger partial charge in [0, 0.05) is 5.57 Å². The summed E-state index contributed by atoms with van der Waals surface area (Å²) < 4.78 is 11.2. The number of ether oxygens (including phenoxy) is 2. The zero-order valence-corrected chi connectivity index (χ0v) is 21.4. The van der Waals surface area contributed by atoms with E-state index < -0.39 is 23.5 Å². The van der Waals surface area contributed by atoms with Crippen molar-refractivity contribution in [2.45, 2.75) is 33.2 Å². The Bertz CT molecular complexity index is 1090. The lowest BCUT2D eigenvalue weighted by molar-refractivity contribution is -0.907. The van der Waals surface area contributed by atoms with E-state index in [2.05, 4.69) is 20.8 Å². The number of rotatable bonds is 9. The van der Waals surface area contributed by atoms with E-state index in [1.165, 1.54) is 4.90 Å². The highest BCUT2D eigenvalue weighted by atomic mass is 16.5. The Morgan fingerprint density at radius 3 is 2.36 bits per heavy atom. The normalized spacial score (nSPS) is 20.3. The van der Waals surface area contributed by atoms with Crippen LogP contribution < -0.4 is 14.7 Å². The van der Waals surface area contributed by atoms with Crippen molar-refractivity contribution in [3.05, 3.63) is 70.8 Å². The molecule has 2 fully saturated rings. The summed E-state index contributed by atoms with van der Waals surface area (Å²) in [7, 11) is 0. The fourth-order valence-corrected chi connectivity index (χ4v) is 4.69. The van der Waals surface area contributed by atoms with Crippen LogP contribution in [0.3, 0.4) is 0 Å². The van der Waals surface area contributed by atoms with E-state index in [0.717, 1.165) is 30.6 Å². The number of carbonyl (C=O) groups is 2. The number of amides is 1. The molecule has 7 heteroatoms. The van der Waals surface area contributed by atoms with Crippen LogP contribution in [0.25, 0.3) is 5.76 Å². The Kier molecular flexibility index (Phi) is 8.44. The number of likely N-dealkylation sites (tertiary alicyclic amines) is 1. The number of hydrogen-bond acceptors (Lipinski definition) is 5. The Hall–Kier alpha value is -3.16. The molecule has 192 valence electrons. The Labute approximate surface area is 213 Å². The van der Waals surface area contributed by atoms with Gasteiger partial charge >= 0.3 is 0 Å². The van der Waals surface area contributed by atoms with Gasteiger partial charge in [-0.05, 0) is 41.2 Å². The van der Waals surface area contributed by atoms with E-state index in [-0.39, 0.29) is 5.57 Å². The first-order valence-corrected chi connectivity index (χ1v) is 12.9. The van der Waals surface area contributed by atoms with Crippen LogP contribution in [-0.2, 0) is 20.7 Å². The molecule has 0 aliphatic carbocycles. The van der Waals surface area contributed by atoms with E-state index in [1.807, 2.05) is 24.3 Å². The lowest BCUT2D eigenvalue weighted by Crippen LogP contribution is -3.14. The smallest absolute Gasteiger partial charge is 0.295 e. The molecule has 7 nitrogen and oxygen atoms in total. The van der Waals surface area contributed by atoms with Gasteiger partial charge in [0.25, 0.3) is 5.91 Å². The second-order valence-corrected chi connectivity index (χ2v) is 9.91. The third-order valence-corrected chi connectivity index (χ3v) is 6.84. The predicted molar refractivity (Wildman–Crippen MR) is 135 cm³/mol. The monoisotopic (exact) mass is 492 g/mol. The zero-order chi connectivity index (χ0) is 25.7. The lowest BCUT2D eigenvalue weighted by Gasteiger charge is -2.30. The van der Waals surface area contributed by atoms with E-state index in [1.54, 1.807) is 29.2 Å². The lowest BCUT2D eigenvalue weighted by atomic mass is 9.94. The number of nitrogens with one attached hydrogen (secondary N) is 1. The first-order chi connectivity index (χ1) is 17.4. The van der Waals surface area contributed by atoms with Crippen LogP contribution in [0.1, 0.15) is 43.5 Å². The Morgan fingerprint density at radius 2 is 1.75 bits per heavy atom. The maximum Gasteiger partial charge on any atom is 0.295 e. The second-order valence-electron chi connectivity index (χ2n) is 9.91. The van der Waals surface area contributed by atoms with E-state index >= 15 is 0 Å². The molecule has 0 spiro atoms. The number of nitrogens with zero attached hydrogens (tertiary/aromatic N) is 1. The molecule has 2 heterocycles. The third kappa shape index (κ3) is 5.79. The summed E-state index contributed by atoms with van der Waals surface area (Å²) in [5, 5.41) is 13.6. The van der Waals surface area contributed by atoms with E-state index in [9.17, 15) is 14.7 Å². The van der Waals surface area contributed by atoms with Gasteiger partial charge in [-0.25, -0.2) is 0 Å². The summed E-state index contributed by atoms with van der Waals surface area (Å²) in [5.41, 5.74) is 2.34. The minimum Gasteiger partial charge on any atom is -0.872 e. The standard InChI is InChI=1S/C29H36N2O5/c1-4-21-5-7-22(8-6-21)26-25(27(32)23-9-11-24(12-10-23)36-19-20(2)3)28(33)29(34)31(26)14-13-30-15-17-35-18-16-30/h5-12,20,26,32H,4,13-19H2,1-3H3. The van der Waals surface area contributed by atoms with Gasteiger partial charge in [-0.15, -0.1) is 0 Å². The molecule has 0 radical (unpaired) electrons. The highest BCUT2D eigenvalue weighted by molar-refractivity contribution is 6.46. The minimum absolute atomic E-state index is 0.0251. The van der Waals surface area contributed by atoms with Gasteiger partial charge in [0.1, 0.15) is 18.8 Å². The van der Waals surface area contributed by atoms with Crippen LogP contribution >= 0.6 is 0 Å². The fraction of sp³-hybridized carbons (Fsp3) is 0.448. The average Bonchev–Trinajstić information content (AvgIpc) is 3.16. The van der Waals surface area contributed by atoms with Gasteiger partial charge < -0.3 is 24.4 Å². The average molecular weight is 493 g/mol. The van der Waals surface area contributed by atoms with Crippen LogP contribution in [0, 0.1) is 5.92 Å². The largest absolute Gasteiger partial charge is 0.872 e. The molecule has 1 unspecified atom stereocenters. The van der Waals surface area contributed by atoms with Crippen molar-refractivity contribution in [2.24, 2.45) is 5.92 Å². The third-order valence-electron chi connectivity index (χ3n) is 6.84. The number of ketones is 1. The van der Waals surface area contributed by atoms with Gasteiger partial charge in [0.2, 0.25) is 5.78 Å². The molecular weight excluding hydrogens is 456 g/mol. The van der Waals surface area contributed by atoms with Crippen molar-refractivity contribution in [1.82, 2.24) is 4.90 Å². The number of carbonyl (C=O) groups excluding carboxylic acids is 2. The molecule has 2 aromatic carbocycles. The number of Topliss-reactive ketones (excluding diaryl/α,β-unsaturated/α-hetero) is 1. The molecule has 0 aromatic heterocycles. The molecule has 0 saturated carbocycles. The zero-order valence-electron chi connectivity index (χ0n) is 21.4. The van der Waals surface area contributed by atoms with Gasteiger partial charge in [-0.3, -0.25) is 9.59 Å². The van der Waals surface area contributed by atoms with Crippen molar-refractivity contribution < 1.29 is 29.1 Å². The first-order valence-electron chi connectivity index (χ1n) is 12.9. The summed E-state index contributed by atoms with van der Waals surface area (Å²) in [6, 6.07) is 14.0. The first kappa shape index (κ1) is 25.9.